The molecule has 3 rings (SSSR count). The third-order valence-corrected chi connectivity index (χ3v) is 5.47. The van der Waals surface area contributed by atoms with Gasteiger partial charge in [-0.05, 0) is 50.8 Å². The molecule has 0 spiro atoms. The van der Waals surface area contributed by atoms with E-state index in [1.807, 2.05) is 0 Å². The van der Waals surface area contributed by atoms with Gasteiger partial charge in [-0.3, -0.25) is 10.2 Å². The van der Waals surface area contributed by atoms with Gasteiger partial charge in [0.1, 0.15) is 11.5 Å². The Hall–Kier alpha value is -2.09. The highest BCUT2D eigenvalue weighted by Gasteiger charge is 2.39. The fourth-order valence-electron chi connectivity index (χ4n) is 4.17. The molecule has 5 nitrogen and oxygen atoms in total. The number of nitrogens with two attached hydrogens (primary N) is 1. The number of hydrogen-bond donors (Lipinski definition) is 2. The predicted octanol–water partition coefficient (Wildman–Crippen LogP) is 3.37. The van der Waals surface area contributed by atoms with E-state index in [-0.39, 0.29) is 35.1 Å². The van der Waals surface area contributed by atoms with Crippen molar-refractivity contribution in [3.05, 3.63) is 23.8 Å². The number of alkyl halides is 3. The summed E-state index contributed by atoms with van der Waals surface area (Å²) in [6.07, 6.45) is -0.349. The van der Waals surface area contributed by atoms with Gasteiger partial charge in [-0.15, -0.1) is 13.2 Å². The number of Topliss-reactive ketones (excluding diaryl/α,β-unsaturated/α-hetero) is 1. The second kappa shape index (κ2) is 6.90. The van der Waals surface area contributed by atoms with Gasteiger partial charge in [-0.2, -0.15) is 0 Å². The molecular weight excluding hydrogens is 347 g/mol. The first kappa shape index (κ1) is 18.7. The minimum Gasteiger partial charge on any atom is -0.406 e. The highest BCUT2D eigenvalue weighted by Crippen LogP contribution is 2.39. The van der Waals surface area contributed by atoms with Crippen molar-refractivity contribution in [2.45, 2.75) is 50.6 Å². The quantitative estimate of drug-likeness (QED) is 0.616. The maximum absolute atomic E-state index is 12.5. The molecule has 2 aliphatic rings. The number of ketones is 1. The van der Waals surface area contributed by atoms with Gasteiger partial charge >= 0.3 is 6.36 Å². The topological polar surface area (TPSA) is 79.4 Å². The molecule has 0 amide bonds. The fourth-order valence-corrected chi connectivity index (χ4v) is 4.17. The summed E-state index contributed by atoms with van der Waals surface area (Å²) in [6, 6.07) is 4.29. The molecule has 2 atom stereocenters. The fraction of sp³-hybridized carbons (Fsp3) is 0.556. The highest BCUT2D eigenvalue weighted by atomic mass is 19.4. The van der Waals surface area contributed by atoms with Crippen LogP contribution in [0.3, 0.4) is 0 Å². The normalized spacial score (nSPS) is 25.9. The monoisotopic (exact) mass is 369 g/mol. The molecule has 2 bridgehead atoms. The summed E-state index contributed by atoms with van der Waals surface area (Å²) in [6.45, 7) is 0. The van der Waals surface area contributed by atoms with Gasteiger partial charge in [-0.25, -0.2) is 0 Å². The van der Waals surface area contributed by atoms with Gasteiger partial charge in [0.15, 0.2) is 5.78 Å². The molecule has 0 aromatic heterocycles. The van der Waals surface area contributed by atoms with Crippen LogP contribution in [0.1, 0.15) is 37.7 Å². The van der Waals surface area contributed by atoms with Gasteiger partial charge in [0.05, 0.1) is 0 Å². The van der Waals surface area contributed by atoms with Gasteiger partial charge in [-0.1, -0.05) is 0 Å². The maximum Gasteiger partial charge on any atom is 0.573 e. The van der Waals surface area contributed by atoms with Crippen molar-refractivity contribution in [2.75, 3.05) is 12.8 Å². The largest absolute Gasteiger partial charge is 0.573 e. The zero-order chi connectivity index (χ0) is 19.1. The molecule has 142 valence electrons. The van der Waals surface area contributed by atoms with Crippen LogP contribution in [0.4, 0.5) is 18.9 Å². The standard InChI is InChI=1S/C18H22F3N3O2/c1-24-11-2-3-12(24)7-10(6-11)8-16(25)17(23)14-5-4-13(9-15(14)22)26-18(19,20)21/h4-5,9-12,23H,2-3,6-8,22H2,1H3. The first-order chi connectivity index (χ1) is 12.1. The molecule has 2 heterocycles. The van der Waals surface area contributed by atoms with Gasteiger partial charge in [0.2, 0.25) is 0 Å². The summed E-state index contributed by atoms with van der Waals surface area (Å²) in [5.74, 6) is -0.549. The Kier molecular flexibility index (Phi) is 4.96. The summed E-state index contributed by atoms with van der Waals surface area (Å²) >= 11 is 0. The van der Waals surface area contributed by atoms with E-state index in [2.05, 4.69) is 16.7 Å². The molecule has 0 radical (unpaired) electrons. The zero-order valence-corrected chi connectivity index (χ0v) is 14.5. The van der Waals surface area contributed by atoms with E-state index >= 15 is 0 Å². The summed E-state index contributed by atoms with van der Waals surface area (Å²) in [4.78, 5) is 14.9. The third kappa shape index (κ3) is 4.00. The number of hydrogen-bond acceptors (Lipinski definition) is 5. The Bertz CT molecular complexity index is 706. The van der Waals surface area contributed by atoms with E-state index in [0.717, 1.165) is 37.8 Å². The van der Waals surface area contributed by atoms with E-state index in [1.165, 1.54) is 6.07 Å². The zero-order valence-electron chi connectivity index (χ0n) is 14.5. The van der Waals surface area contributed by atoms with Crippen LogP contribution < -0.4 is 10.5 Å². The molecule has 2 saturated heterocycles. The molecule has 2 fully saturated rings. The number of halogens is 3. The van der Waals surface area contributed by atoms with E-state index in [4.69, 9.17) is 11.1 Å². The SMILES string of the molecule is CN1C2CCC1CC(CC(=O)C(=N)c1ccc(OC(F)(F)F)cc1N)C2. The Morgan fingerprint density at radius 2 is 1.92 bits per heavy atom. The van der Waals surface area contributed by atoms with Gasteiger partial charge < -0.3 is 15.4 Å². The number of nitrogen functional groups attached to an aromatic ring is 1. The van der Waals surface area contributed by atoms with Crippen LogP contribution in [-0.2, 0) is 4.79 Å². The summed E-state index contributed by atoms with van der Waals surface area (Å²) in [7, 11) is 2.12. The lowest BCUT2D eigenvalue weighted by molar-refractivity contribution is -0.274. The molecular formula is C18H22F3N3O2. The van der Waals surface area contributed by atoms with Gasteiger partial charge in [0, 0.05) is 35.8 Å². The number of ether oxygens (including phenoxy) is 1. The average molecular weight is 369 g/mol. The molecule has 3 N–H and O–H groups in total. The first-order valence-corrected chi connectivity index (χ1v) is 8.63. The Balaban J connectivity index is 1.64. The maximum atomic E-state index is 12.5. The van der Waals surface area contributed by atoms with E-state index in [0.29, 0.717) is 12.1 Å². The number of anilines is 1. The van der Waals surface area contributed by atoms with Crippen molar-refractivity contribution in [2.24, 2.45) is 5.92 Å². The molecule has 8 heteroatoms. The van der Waals surface area contributed by atoms with Crippen LogP contribution in [0.2, 0.25) is 0 Å². The highest BCUT2D eigenvalue weighted by molar-refractivity contribution is 6.46. The smallest absolute Gasteiger partial charge is 0.406 e. The van der Waals surface area contributed by atoms with Crippen molar-refractivity contribution >= 4 is 17.2 Å². The summed E-state index contributed by atoms with van der Waals surface area (Å²) < 4.78 is 40.6. The second-order valence-corrected chi connectivity index (χ2v) is 7.19. The van der Waals surface area contributed by atoms with Crippen LogP contribution >= 0.6 is 0 Å². The lowest BCUT2D eigenvalue weighted by atomic mass is 9.85. The Labute approximate surface area is 149 Å². The minimum absolute atomic E-state index is 0.0754. The van der Waals surface area contributed by atoms with Gasteiger partial charge in [0.25, 0.3) is 0 Å². The van der Waals surface area contributed by atoms with Crippen molar-refractivity contribution in [3.8, 4) is 5.75 Å². The van der Waals surface area contributed by atoms with Crippen LogP contribution in [0.25, 0.3) is 0 Å². The van der Waals surface area contributed by atoms with Crippen molar-refractivity contribution in [3.63, 3.8) is 0 Å². The molecule has 0 saturated carbocycles. The molecule has 0 aliphatic carbocycles. The lowest BCUT2D eigenvalue weighted by Crippen LogP contribution is -2.40. The van der Waals surface area contributed by atoms with E-state index in [1.54, 1.807) is 0 Å². The number of carbonyl (C=O) groups excluding carboxylic acids is 1. The Morgan fingerprint density at radius 1 is 1.31 bits per heavy atom. The van der Waals surface area contributed by atoms with Crippen molar-refractivity contribution in [1.82, 2.24) is 4.90 Å². The average Bonchev–Trinajstić information content (AvgIpc) is 2.75. The summed E-state index contributed by atoms with van der Waals surface area (Å²) in [5, 5.41) is 8.10. The molecule has 1 aromatic carbocycles. The number of nitrogens with zero attached hydrogens (tertiary/aromatic N) is 1. The number of benzene rings is 1. The molecule has 2 unspecified atom stereocenters. The number of rotatable bonds is 5. The third-order valence-electron chi connectivity index (χ3n) is 5.47. The van der Waals surface area contributed by atoms with Crippen molar-refractivity contribution < 1.29 is 22.7 Å². The molecule has 2 aliphatic heterocycles. The van der Waals surface area contributed by atoms with Crippen LogP contribution in [-0.4, -0.2) is 41.9 Å². The number of carbonyl (C=O) groups is 1. The number of nitrogens with one attached hydrogen (secondary N) is 1. The first-order valence-electron chi connectivity index (χ1n) is 8.63. The lowest BCUT2D eigenvalue weighted by Gasteiger charge is -2.36. The van der Waals surface area contributed by atoms with Crippen LogP contribution in [0, 0.1) is 11.3 Å². The van der Waals surface area contributed by atoms with Crippen LogP contribution in [0.15, 0.2) is 18.2 Å². The Morgan fingerprint density at radius 3 is 2.46 bits per heavy atom. The molecule has 26 heavy (non-hydrogen) atoms. The molecule has 1 aromatic rings. The second-order valence-electron chi connectivity index (χ2n) is 7.19. The number of fused-ring (bicyclic) bond motifs is 2. The van der Waals surface area contributed by atoms with Crippen LogP contribution in [0.5, 0.6) is 5.75 Å². The summed E-state index contributed by atoms with van der Waals surface area (Å²) in [5.41, 5.74) is 5.54. The number of piperidine rings is 1. The predicted molar refractivity (Wildman–Crippen MR) is 91.3 cm³/mol. The van der Waals surface area contributed by atoms with E-state index < -0.39 is 12.1 Å². The minimum atomic E-state index is -4.81. The van der Waals surface area contributed by atoms with E-state index in [9.17, 15) is 18.0 Å². The van der Waals surface area contributed by atoms with Crippen molar-refractivity contribution in [1.29, 1.82) is 5.41 Å².